The molecule has 3 aliphatic rings. The fraction of sp³-hybridized carbons (Fsp3) is 0.0154. The molecule has 70 heavy (non-hydrogen) atoms. The Kier molecular flexibility index (Phi) is 8.34. The van der Waals surface area contributed by atoms with Gasteiger partial charge in [0.1, 0.15) is 0 Å². The maximum absolute atomic E-state index is 5.81. The summed E-state index contributed by atoms with van der Waals surface area (Å²) in [6.45, 7) is -0.0469. The van der Waals surface area contributed by atoms with Gasteiger partial charge < -0.3 is 4.57 Å². The highest BCUT2D eigenvalue weighted by Gasteiger charge is 2.52. The molecule has 3 heterocycles. The van der Waals surface area contributed by atoms with Gasteiger partial charge >= 0.3 is 0 Å². The van der Waals surface area contributed by atoms with E-state index >= 15 is 0 Å². The van der Waals surface area contributed by atoms with Crippen LogP contribution in [-0.2, 0) is 5.41 Å². The first kappa shape index (κ1) is 39.0. The molecule has 0 saturated carbocycles. The van der Waals surface area contributed by atoms with E-state index in [4.69, 9.17) is 9.97 Å². The van der Waals surface area contributed by atoms with Gasteiger partial charge in [-0.05, 0) is 97.9 Å². The van der Waals surface area contributed by atoms with Gasteiger partial charge in [0.15, 0.2) is 0 Å². The lowest BCUT2D eigenvalue weighted by Gasteiger charge is -2.36. The highest BCUT2D eigenvalue weighted by molar-refractivity contribution is 6.98. The van der Waals surface area contributed by atoms with Gasteiger partial charge in [-0.2, -0.15) is 0 Å². The molecule has 2 aromatic heterocycles. The molecule has 15 rings (SSSR count). The fourth-order valence-electron chi connectivity index (χ4n) is 12.5. The van der Waals surface area contributed by atoms with Gasteiger partial charge in [-0.25, -0.2) is 9.97 Å². The van der Waals surface area contributed by atoms with Crippen LogP contribution < -0.4 is 21.3 Å². The lowest BCUT2D eigenvalue weighted by atomic mass is 9.35. The molecule has 2 aliphatic carbocycles. The average Bonchev–Trinajstić information content (AvgIpc) is 4.04. The Hall–Kier alpha value is -9.06. The lowest BCUT2D eigenvalue weighted by molar-refractivity contribution is 0.794. The van der Waals surface area contributed by atoms with Crippen LogP contribution in [-0.4, -0.2) is 21.2 Å². The molecular weight excluding hydrogens is 848 g/mol. The van der Waals surface area contributed by atoms with Crippen LogP contribution >= 0.6 is 0 Å². The second-order valence-corrected chi connectivity index (χ2v) is 18.8. The highest BCUT2D eigenvalue weighted by Crippen LogP contribution is 2.64. The zero-order chi connectivity index (χ0) is 45.9. The molecule has 0 bridgehead atoms. The van der Waals surface area contributed by atoms with Crippen molar-refractivity contribution in [2.45, 2.75) is 5.41 Å². The molecule has 1 spiro atoms. The van der Waals surface area contributed by atoms with Crippen molar-refractivity contribution in [3.63, 3.8) is 0 Å². The Labute approximate surface area is 406 Å². The summed E-state index contributed by atoms with van der Waals surface area (Å²) in [7, 11) is 0. The van der Waals surface area contributed by atoms with Crippen LogP contribution in [0.2, 0.25) is 0 Å². The minimum absolute atomic E-state index is 0.0469. The van der Waals surface area contributed by atoms with E-state index in [2.05, 4.69) is 258 Å². The van der Waals surface area contributed by atoms with E-state index in [0.29, 0.717) is 5.95 Å². The molecule has 0 radical (unpaired) electrons. The summed E-state index contributed by atoms with van der Waals surface area (Å²) in [5.41, 5.74) is 22.8. The van der Waals surface area contributed by atoms with E-state index in [1.165, 1.54) is 77.2 Å². The molecule has 0 N–H and O–H groups in total. The first-order chi connectivity index (χ1) is 34.8. The highest BCUT2D eigenvalue weighted by atomic mass is 15.3. The van der Waals surface area contributed by atoms with Gasteiger partial charge in [-0.3, -0.25) is 4.90 Å². The van der Waals surface area contributed by atoms with Crippen LogP contribution in [0, 0.1) is 0 Å². The van der Waals surface area contributed by atoms with Crippen LogP contribution in [0.5, 0.6) is 0 Å². The summed E-state index contributed by atoms with van der Waals surface area (Å²) in [5.74, 6) is 0.623. The van der Waals surface area contributed by atoms with Crippen molar-refractivity contribution < 1.29 is 0 Å². The number of anilines is 3. The van der Waals surface area contributed by atoms with Crippen molar-refractivity contribution in [1.29, 1.82) is 0 Å². The molecule has 0 fully saturated rings. The minimum atomic E-state index is -0.477. The standard InChI is InChI=1S/C65H41BN4/c1-4-21-42(22-5-1)57-41-58(49-31-20-35-54-63(49)48-30-12-16-34-53(48)65(54)51-32-14-10-27-45(51)46-28-11-15-33-52(46)65)68-64(67-57)70-60-38-19-17-36-55(60)66(43-23-6-2-7-24-43)56-40-61-50(39-62(56)70)47-29-13-18-37-59(47)69(61)44-25-8-3-9-26-44/h1-41H. The fourth-order valence-corrected chi connectivity index (χ4v) is 12.5. The first-order valence-corrected chi connectivity index (χ1v) is 24.2. The molecule has 1 aliphatic heterocycles. The monoisotopic (exact) mass is 888 g/mol. The summed E-state index contributed by atoms with van der Waals surface area (Å²) >= 11 is 0. The Morgan fingerprint density at radius 3 is 1.70 bits per heavy atom. The second kappa shape index (κ2) is 15.0. The summed E-state index contributed by atoms with van der Waals surface area (Å²) in [4.78, 5) is 13.8. The average molecular weight is 889 g/mol. The summed E-state index contributed by atoms with van der Waals surface area (Å²) < 4.78 is 2.42. The number of benzene rings is 10. The SMILES string of the molecule is c1ccc(B2c3ccccc3N(c3nc(-c4ccccc4)cc(-c4cccc5c4-c4ccccc4C54c5ccccc5-c5ccccc54)n3)c3cc4c5ccccc5n(-c5ccccc5)c4cc32)cc1. The topological polar surface area (TPSA) is 34.0 Å². The van der Waals surface area contributed by atoms with Crippen molar-refractivity contribution in [1.82, 2.24) is 14.5 Å². The molecular formula is C65H41BN4. The van der Waals surface area contributed by atoms with Crippen molar-refractivity contribution >= 4 is 62.2 Å². The third kappa shape index (κ3) is 5.37. The molecule has 0 atom stereocenters. The number of rotatable bonds is 5. The van der Waals surface area contributed by atoms with E-state index in [1.807, 2.05) is 0 Å². The van der Waals surface area contributed by atoms with Crippen LogP contribution in [0.3, 0.4) is 0 Å². The van der Waals surface area contributed by atoms with E-state index in [9.17, 15) is 0 Å². The largest absolute Gasteiger partial charge is 0.309 e. The summed E-state index contributed by atoms with van der Waals surface area (Å²) in [6, 6.07) is 90.9. The minimum Gasteiger partial charge on any atom is -0.309 e. The van der Waals surface area contributed by atoms with Crippen molar-refractivity contribution in [2.75, 3.05) is 4.90 Å². The van der Waals surface area contributed by atoms with Crippen LogP contribution in [0.1, 0.15) is 22.3 Å². The normalized spacial score (nSPS) is 13.5. The Bertz CT molecular complexity index is 4040. The summed E-state index contributed by atoms with van der Waals surface area (Å²) in [5, 5.41) is 2.37. The van der Waals surface area contributed by atoms with E-state index < -0.39 is 5.41 Å². The van der Waals surface area contributed by atoms with Gasteiger partial charge in [-0.1, -0.05) is 212 Å². The number of fused-ring (bicyclic) bond motifs is 15. The van der Waals surface area contributed by atoms with Gasteiger partial charge in [0, 0.05) is 39.0 Å². The molecule has 0 unspecified atom stereocenters. The third-order valence-corrected chi connectivity index (χ3v) is 15.3. The quantitative estimate of drug-likeness (QED) is 0.162. The van der Waals surface area contributed by atoms with Crippen LogP contribution in [0.15, 0.2) is 249 Å². The van der Waals surface area contributed by atoms with E-state index in [1.54, 1.807) is 0 Å². The van der Waals surface area contributed by atoms with Gasteiger partial charge in [0.2, 0.25) is 12.7 Å². The Morgan fingerprint density at radius 2 is 0.943 bits per heavy atom. The molecule has 0 saturated heterocycles. The zero-order valence-corrected chi connectivity index (χ0v) is 38.0. The summed E-state index contributed by atoms with van der Waals surface area (Å²) in [6.07, 6.45) is 0. The van der Waals surface area contributed by atoms with Crippen molar-refractivity contribution in [2.24, 2.45) is 0 Å². The molecule has 4 nitrogen and oxygen atoms in total. The maximum atomic E-state index is 5.81. The maximum Gasteiger partial charge on any atom is 0.246 e. The predicted molar refractivity (Wildman–Crippen MR) is 289 cm³/mol. The van der Waals surface area contributed by atoms with Gasteiger partial charge in [0.05, 0.1) is 27.8 Å². The molecule has 5 heteroatoms. The number of nitrogens with zero attached hydrogens (tertiary/aromatic N) is 4. The molecule has 324 valence electrons. The van der Waals surface area contributed by atoms with E-state index in [-0.39, 0.29) is 6.71 Å². The predicted octanol–water partition coefficient (Wildman–Crippen LogP) is 13.6. The Morgan fingerprint density at radius 1 is 0.371 bits per heavy atom. The number of para-hydroxylation sites is 3. The molecule has 10 aromatic carbocycles. The first-order valence-electron chi connectivity index (χ1n) is 24.2. The zero-order valence-electron chi connectivity index (χ0n) is 38.0. The van der Waals surface area contributed by atoms with Gasteiger partial charge in [-0.15, -0.1) is 0 Å². The van der Waals surface area contributed by atoms with Crippen LogP contribution in [0.4, 0.5) is 17.3 Å². The van der Waals surface area contributed by atoms with Crippen molar-refractivity contribution in [3.05, 3.63) is 271 Å². The smallest absolute Gasteiger partial charge is 0.246 e. The lowest BCUT2D eigenvalue weighted by Crippen LogP contribution is -2.57. The van der Waals surface area contributed by atoms with Crippen LogP contribution in [0.25, 0.3) is 72.3 Å². The number of hydrogen-bond donors (Lipinski definition) is 0. The van der Waals surface area contributed by atoms with E-state index in [0.717, 1.165) is 45.1 Å². The van der Waals surface area contributed by atoms with Crippen molar-refractivity contribution in [3.8, 4) is 50.5 Å². The van der Waals surface area contributed by atoms with Gasteiger partial charge in [0.25, 0.3) is 0 Å². The molecule has 12 aromatic rings. The number of hydrogen-bond acceptors (Lipinski definition) is 3. The second-order valence-electron chi connectivity index (χ2n) is 18.8. The number of aromatic nitrogens is 3. The third-order valence-electron chi connectivity index (χ3n) is 15.3. The Balaban J connectivity index is 1.02. The molecule has 0 amide bonds.